The van der Waals surface area contributed by atoms with Gasteiger partial charge in [-0.15, -0.1) is 0 Å². The van der Waals surface area contributed by atoms with E-state index in [2.05, 4.69) is 5.16 Å². The number of anilines is 2. The second kappa shape index (κ2) is 10.8. The summed E-state index contributed by atoms with van der Waals surface area (Å²) in [5.41, 5.74) is 4.84. The third-order valence-corrected chi connectivity index (χ3v) is 5.63. The first kappa shape index (κ1) is 24.5. The summed E-state index contributed by atoms with van der Waals surface area (Å²) in [5, 5.41) is 13.2. The Hall–Kier alpha value is -4.59. The van der Waals surface area contributed by atoms with Crippen molar-refractivity contribution in [1.29, 1.82) is 0 Å². The summed E-state index contributed by atoms with van der Waals surface area (Å²) in [7, 11) is 1.54. The molecule has 1 heterocycles. The van der Waals surface area contributed by atoms with E-state index in [0.717, 1.165) is 22.3 Å². The molecule has 3 aromatic carbocycles. The van der Waals surface area contributed by atoms with Gasteiger partial charge in [-0.2, -0.15) is 0 Å². The third kappa shape index (κ3) is 5.07. The highest BCUT2D eigenvalue weighted by Gasteiger charge is 2.30. The van der Waals surface area contributed by atoms with Crippen LogP contribution in [0.3, 0.4) is 0 Å². The van der Waals surface area contributed by atoms with E-state index in [1.54, 1.807) is 38.1 Å². The molecule has 0 aliphatic carbocycles. The minimum absolute atomic E-state index is 0.0172. The van der Waals surface area contributed by atoms with Gasteiger partial charge < -0.3 is 19.1 Å². The third-order valence-electron chi connectivity index (χ3n) is 5.63. The molecule has 0 unspecified atom stereocenters. The van der Waals surface area contributed by atoms with Crippen molar-refractivity contribution in [2.45, 2.75) is 20.3 Å². The summed E-state index contributed by atoms with van der Waals surface area (Å²) < 4.78 is 16.4. The van der Waals surface area contributed by atoms with E-state index in [1.165, 1.54) is 12.0 Å². The molecule has 0 radical (unpaired) electrons. The van der Waals surface area contributed by atoms with Gasteiger partial charge in [-0.1, -0.05) is 65.8 Å². The van der Waals surface area contributed by atoms with Gasteiger partial charge in [0.1, 0.15) is 17.1 Å². The first-order chi connectivity index (χ1) is 17.4. The fourth-order valence-electron chi connectivity index (χ4n) is 3.94. The highest BCUT2D eigenvalue weighted by molar-refractivity contribution is 6.01. The molecule has 8 heteroatoms. The minimum atomic E-state index is -0.865. The molecule has 0 bridgehead atoms. The highest BCUT2D eigenvalue weighted by Crippen LogP contribution is 2.41. The number of nitrogens with zero attached hydrogens (tertiary/aromatic N) is 2. The number of carboxylic acids is 1. The maximum atomic E-state index is 13.1. The van der Waals surface area contributed by atoms with Crippen LogP contribution < -0.4 is 9.64 Å². The highest BCUT2D eigenvalue weighted by atomic mass is 16.6. The number of amides is 1. The zero-order chi connectivity index (χ0) is 25.7. The molecule has 184 valence electrons. The monoisotopic (exact) mass is 486 g/mol. The SMILES string of the molecule is CCOC(=O)N(c1ccccc1OC)c1c(-c2ccc(-c3ccc(CC(=O)O)cc3)cc2)noc1C. The minimum Gasteiger partial charge on any atom is -0.495 e. The van der Waals surface area contributed by atoms with Crippen molar-refractivity contribution >= 4 is 23.4 Å². The average Bonchev–Trinajstić information content (AvgIpc) is 3.26. The van der Waals surface area contributed by atoms with Crippen molar-refractivity contribution in [3.05, 3.63) is 84.1 Å². The van der Waals surface area contributed by atoms with E-state index in [-0.39, 0.29) is 13.0 Å². The first-order valence-corrected chi connectivity index (χ1v) is 11.4. The lowest BCUT2D eigenvalue weighted by molar-refractivity contribution is -0.136. The van der Waals surface area contributed by atoms with Crippen LogP contribution >= 0.6 is 0 Å². The molecule has 8 nitrogen and oxygen atoms in total. The van der Waals surface area contributed by atoms with Gasteiger partial charge in [0, 0.05) is 5.56 Å². The molecule has 0 saturated carbocycles. The van der Waals surface area contributed by atoms with Crippen molar-refractivity contribution in [2.75, 3.05) is 18.6 Å². The van der Waals surface area contributed by atoms with E-state index in [1.807, 2.05) is 48.5 Å². The second-order valence-corrected chi connectivity index (χ2v) is 7.99. The van der Waals surface area contributed by atoms with E-state index in [4.69, 9.17) is 19.1 Å². The predicted octanol–water partition coefficient (Wildman–Crippen LogP) is 6.25. The smallest absolute Gasteiger partial charge is 0.419 e. The summed E-state index contributed by atoms with van der Waals surface area (Å²) >= 11 is 0. The van der Waals surface area contributed by atoms with Gasteiger partial charge >= 0.3 is 12.1 Å². The second-order valence-electron chi connectivity index (χ2n) is 7.99. The Morgan fingerprint density at radius 1 is 0.944 bits per heavy atom. The molecule has 0 spiro atoms. The number of hydrogen-bond donors (Lipinski definition) is 1. The summed E-state index contributed by atoms with van der Waals surface area (Å²) in [5.74, 6) is 0.0802. The Kier molecular flexibility index (Phi) is 7.34. The molecule has 0 atom stereocenters. The van der Waals surface area contributed by atoms with Crippen molar-refractivity contribution in [1.82, 2.24) is 5.16 Å². The van der Waals surface area contributed by atoms with Crippen LogP contribution in [0.25, 0.3) is 22.4 Å². The molecule has 1 aromatic heterocycles. The molecule has 0 aliphatic heterocycles. The topological polar surface area (TPSA) is 102 Å². The Morgan fingerprint density at radius 3 is 2.17 bits per heavy atom. The van der Waals surface area contributed by atoms with Gasteiger partial charge in [0.25, 0.3) is 0 Å². The Bertz CT molecular complexity index is 1360. The number of hydrogen-bond acceptors (Lipinski definition) is 6. The van der Waals surface area contributed by atoms with Gasteiger partial charge in [0.15, 0.2) is 5.76 Å². The summed E-state index contributed by atoms with van der Waals surface area (Å²) in [6.45, 7) is 3.68. The number of aryl methyl sites for hydroxylation is 1. The number of para-hydroxylation sites is 2. The number of methoxy groups -OCH3 is 1. The van der Waals surface area contributed by atoms with Gasteiger partial charge in [-0.25, -0.2) is 9.69 Å². The molecule has 4 aromatic rings. The first-order valence-electron chi connectivity index (χ1n) is 11.4. The van der Waals surface area contributed by atoms with Gasteiger partial charge in [-0.05, 0) is 42.7 Å². The van der Waals surface area contributed by atoms with E-state index < -0.39 is 12.1 Å². The van der Waals surface area contributed by atoms with Crippen molar-refractivity contribution < 1.29 is 28.7 Å². The number of rotatable bonds is 8. The Morgan fingerprint density at radius 2 is 1.56 bits per heavy atom. The fourth-order valence-corrected chi connectivity index (χ4v) is 3.94. The van der Waals surface area contributed by atoms with Gasteiger partial charge in [0.05, 0.1) is 25.8 Å². The lowest BCUT2D eigenvalue weighted by Gasteiger charge is -2.23. The number of benzene rings is 3. The molecule has 1 N–H and O–H groups in total. The fraction of sp³-hybridized carbons (Fsp3) is 0.179. The zero-order valence-electron chi connectivity index (χ0n) is 20.2. The van der Waals surface area contributed by atoms with Crippen molar-refractivity contribution in [2.24, 2.45) is 0 Å². The molecule has 0 fully saturated rings. The molecule has 0 aliphatic rings. The number of carbonyl (C=O) groups excluding carboxylic acids is 1. The zero-order valence-corrected chi connectivity index (χ0v) is 20.2. The summed E-state index contributed by atoms with van der Waals surface area (Å²) in [4.78, 5) is 25.5. The molecule has 1 amide bonds. The van der Waals surface area contributed by atoms with Crippen LogP contribution in [0, 0.1) is 6.92 Å². The van der Waals surface area contributed by atoms with Crippen LogP contribution in [-0.2, 0) is 16.0 Å². The van der Waals surface area contributed by atoms with Gasteiger partial charge in [0.2, 0.25) is 0 Å². The van der Waals surface area contributed by atoms with Crippen LogP contribution in [0.4, 0.5) is 16.2 Å². The number of ether oxygens (including phenoxy) is 2. The Labute approximate surface area is 208 Å². The largest absolute Gasteiger partial charge is 0.495 e. The van der Waals surface area contributed by atoms with Crippen LogP contribution in [0.5, 0.6) is 5.75 Å². The van der Waals surface area contributed by atoms with Crippen molar-refractivity contribution in [3.8, 4) is 28.1 Å². The van der Waals surface area contributed by atoms with Crippen LogP contribution in [0.1, 0.15) is 18.2 Å². The van der Waals surface area contributed by atoms with E-state index in [9.17, 15) is 9.59 Å². The number of carbonyl (C=O) groups is 2. The summed E-state index contributed by atoms with van der Waals surface area (Å²) in [6.07, 6.45) is -0.593. The molecular formula is C28H26N2O6. The normalized spacial score (nSPS) is 10.6. The molecular weight excluding hydrogens is 460 g/mol. The van der Waals surface area contributed by atoms with Gasteiger partial charge in [-0.3, -0.25) is 4.79 Å². The molecule has 0 saturated heterocycles. The summed E-state index contributed by atoms with van der Waals surface area (Å²) in [6, 6.07) is 22.2. The van der Waals surface area contributed by atoms with Crippen LogP contribution in [-0.4, -0.2) is 36.0 Å². The van der Waals surface area contributed by atoms with E-state index >= 15 is 0 Å². The predicted molar refractivity (Wildman–Crippen MR) is 136 cm³/mol. The van der Waals surface area contributed by atoms with E-state index in [0.29, 0.717) is 28.6 Å². The Balaban J connectivity index is 1.72. The maximum absolute atomic E-state index is 13.1. The standard InChI is InChI=1S/C28H26N2O6/c1-4-35-28(33)30(23-7-5-6-8-24(23)34-3)27-18(2)36-29-26(27)22-15-13-21(14-16-22)20-11-9-19(10-12-20)17-25(31)32/h5-16H,4,17H2,1-3H3,(H,31,32). The quantitative estimate of drug-likeness (QED) is 0.314. The number of aliphatic carboxylic acids is 1. The van der Waals surface area contributed by atoms with Crippen LogP contribution in [0.15, 0.2) is 77.3 Å². The maximum Gasteiger partial charge on any atom is 0.419 e. The molecule has 4 rings (SSSR count). The lowest BCUT2D eigenvalue weighted by atomic mass is 10.0. The van der Waals surface area contributed by atoms with Crippen molar-refractivity contribution in [3.63, 3.8) is 0 Å². The van der Waals surface area contributed by atoms with Crippen LogP contribution in [0.2, 0.25) is 0 Å². The molecule has 36 heavy (non-hydrogen) atoms. The average molecular weight is 487 g/mol. The number of aromatic nitrogens is 1. The lowest BCUT2D eigenvalue weighted by Crippen LogP contribution is -2.28. The number of carboxylic acid groups (broad SMARTS) is 1.